The molecule has 4 N–H and O–H groups in total. The van der Waals surface area contributed by atoms with E-state index < -0.39 is 0 Å². The van der Waals surface area contributed by atoms with Gasteiger partial charge in [-0.2, -0.15) is 5.10 Å². The fraction of sp³-hybridized carbons (Fsp3) is 0.400. The molecule has 0 radical (unpaired) electrons. The summed E-state index contributed by atoms with van der Waals surface area (Å²) < 4.78 is 0. The van der Waals surface area contributed by atoms with Crippen molar-refractivity contribution in [2.75, 3.05) is 24.3 Å². The number of hydrogen-bond donors (Lipinski definition) is 4. The molecular weight excluding hydrogens is 384 g/mol. The lowest BCUT2D eigenvalue weighted by Crippen LogP contribution is -2.28. The van der Waals surface area contributed by atoms with Crippen molar-refractivity contribution in [3.8, 4) is 22.8 Å². The third-order valence-corrected chi connectivity index (χ3v) is 4.66. The van der Waals surface area contributed by atoms with Gasteiger partial charge in [0.2, 0.25) is 5.91 Å². The number of aromatic nitrogens is 6. The molecule has 1 amide bonds. The Hall–Kier alpha value is -3.40. The number of amides is 1. The molecule has 0 bridgehead atoms. The predicted molar refractivity (Wildman–Crippen MR) is 116 cm³/mol. The number of nitrogens with zero attached hydrogens (tertiary/aromatic N) is 5. The number of rotatable bonds is 2. The Morgan fingerprint density at radius 2 is 1.63 bits per heavy atom. The normalized spacial score (nSPS) is 14.7. The zero-order valence-corrected chi connectivity index (χ0v) is 16.9. The molecule has 1 aliphatic heterocycles. The molecule has 5 rings (SSSR count). The second-order valence-electron chi connectivity index (χ2n) is 6.74. The van der Waals surface area contributed by atoms with Crippen LogP contribution in [0.5, 0.6) is 0 Å². The van der Waals surface area contributed by atoms with Gasteiger partial charge in [-0.3, -0.25) is 14.9 Å². The average Bonchev–Trinajstić information content (AvgIpc) is 3.37. The fourth-order valence-corrected chi connectivity index (χ4v) is 3.16. The summed E-state index contributed by atoms with van der Waals surface area (Å²) in [4.78, 5) is 28.4. The molecule has 0 unspecified atom stereocenters. The average molecular weight is 412 g/mol. The van der Waals surface area contributed by atoms with Crippen molar-refractivity contribution in [2.24, 2.45) is 0 Å². The second-order valence-corrected chi connectivity index (χ2v) is 6.74. The molecule has 1 fully saturated rings. The molecule has 0 atom stereocenters. The lowest BCUT2D eigenvalue weighted by atomic mass is 10.0. The number of H-pyrrole nitrogens is 1. The van der Waals surface area contributed by atoms with Gasteiger partial charge in [-0.15, -0.1) is 0 Å². The van der Waals surface area contributed by atoms with E-state index in [9.17, 15) is 4.79 Å². The summed E-state index contributed by atoms with van der Waals surface area (Å²) in [7, 11) is 1.00. The van der Waals surface area contributed by atoms with Crippen molar-refractivity contribution in [1.82, 2.24) is 30.1 Å². The minimum absolute atomic E-state index is 0. The molecule has 0 aromatic carbocycles. The topological polar surface area (TPSA) is 142 Å². The van der Waals surface area contributed by atoms with Gasteiger partial charge in [0, 0.05) is 20.3 Å². The number of pyridine rings is 1. The van der Waals surface area contributed by atoms with Crippen LogP contribution in [0, 0.1) is 0 Å². The zero-order chi connectivity index (χ0) is 21.2. The van der Waals surface area contributed by atoms with E-state index in [-0.39, 0.29) is 13.9 Å². The van der Waals surface area contributed by atoms with Gasteiger partial charge in [-0.1, -0.05) is 38.5 Å². The molecule has 30 heavy (non-hydrogen) atoms. The number of hydrogen-bond acceptors (Lipinski definition) is 8. The van der Waals surface area contributed by atoms with E-state index in [1.54, 1.807) is 12.4 Å². The lowest BCUT2D eigenvalue weighted by Gasteiger charge is -2.16. The van der Waals surface area contributed by atoms with Gasteiger partial charge in [-0.25, -0.2) is 15.0 Å². The number of carbonyl (C=O) groups excluding carboxylic acids is 1. The summed E-state index contributed by atoms with van der Waals surface area (Å²) in [6.07, 6.45) is 13.7. The molecular formula is C20H28N8O2. The lowest BCUT2D eigenvalue weighted by molar-refractivity contribution is -0.114. The maximum absolute atomic E-state index is 11.4. The van der Waals surface area contributed by atoms with Gasteiger partial charge in [-0.05, 0) is 12.1 Å². The van der Waals surface area contributed by atoms with Gasteiger partial charge in [0.1, 0.15) is 12.0 Å². The van der Waals surface area contributed by atoms with Crippen molar-refractivity contribution in [1.29, 1.82) is 0 Å². The molecule has 0 saturated heterocycles. The SMILES string of the molecule is C1CCCCC1.CO.O=C1CNc2ncc(-c3ccc(-c4ncn[nH]4)nc3)nc2N1.[HH]. The summed E-state index contributed by atoms with van der Waals surface area (Å²) >= 11 is 0. The van der Waals surface area contributed by atoms with Crippen molar-refractivity contribution in [3.05, 3.63) is 30.9 Å². The van der Waals surface area contributed by atoms with E-state index in [4.69, 9.17) is 5.11 Å². The van der Waals surface area contributed by atoms with Gasteiger partial charge >= 0.3 is 0 Å². The molecule has 0 spiro atoms. The number of anilines is 2. The van der Waals surface area contributed by atoms with E-state index >= 15 is 0 Å². The van der Waals surface area contributed by atoms with Crippen LogP contribution in [0.25, 0.3) is 22.8 Å². The van der Waals surface area contributed by atoms with Gasteiger partial charge in [0.25, 0.3) is 0 Å². The summed E-state index contributed by atoms with van der Waals surface area (Å²) in [5.41, 5.74) is 2.10. The molecule has 1 saturated carbocycles. The Bertz CT molecular complexity index is 919. The van der Waals surface area contributed by atoms with Crippen molar-refractivity contribution >= 4 is 17.5 Å². The summed E-state index contributed by atoms with van der Waals surface area (Å²) in [6, 6.07) is 3.67. The van der Waals surface area contributed by atoms with Crippen molar-refractivity contribution in [2.45, 2.75) is 38.5 Å². The number of aromatic amines is 1. The molecule has 10 heteroatoms. The quantitative estimate of drug-likeness (QED) is 0.503. The minimum atomic E-state index is -0.141. The Labute approximate surface area is 176 Å². The van der Waals surface area contributed by atoms with E-state index in [0.29, 0.717) is 28.8 Å². The second kappa shape index (κ2) is 11.0. The van der Waals surface area contributed by atoms with Gasteiger partial charge in [0.15, 0.2) is 17.5 Å². The number of nitrogens with one attached hydrogen (secondary N) is 3. The predicted octanol–water partition coefficient (Wildman–Crippen LogP) is 2.88. The molecule has 1 aliphatic carbocycles. The van der Waals surface area contributed by atoms with Crippen LogP contribution < -0.4 is 10.6 Å². The monoisotopic (exact) mass is 412 g/mol. The third-order valence-electron chi connectivity index (χ3n) is 4.66. The molecule has 3 aromatic heterocycles. The standard InChI is InChI=1S/C13H10N8O.C6H12.CH4O.H2/c22-10-5-16-12-13(20-10)19-9(4-15-12)7-1-2-8(14-3-7)11-17-6-18-21-11;1-2-4-6-5-3-1;1-2;/h1-4,6H,5H2,(H,15,16)(H,17,18,21)(H,19,20,22);1-6H2;2H,1H3;1H. The molecule has 160 valence electrons. The summed E-state index contributed by atoms with van der Waals surface area (Å²) in [6.45, 7) is 0.203. The van der Waals surface area contributed by atoms with Crippen molar-refractivity contribution < 1.29 is 11.3 Å². The van der Waals surface area contributed by atoms with Gasteiger partial charge < -0.3 is 15.7 Å². The van der Waals surface area contributed by atoms with Crippen LogP contribution in [-0.4, -0.2) is 54.8 Å². The fourth-order valence-electron chi connectivity index (χ4n) is 3.16. The highest BCUT2D eigenvalue weighted by molar-refractivity contribution is 5.98. The highest BCUT2D eigenvalue weighted by Crippen LogP contribution is 2.25. The van der Waals surface area contributed by atoms with Crippen molar-refractivity contribution in [3.63, 3.8) is 0 Å². The van der Waals surface area contributed by atoms with Crippen LogP contribution in [-0.2, 0) is 4.79 Å². The van der Waals surface area contributed by atoms with Crippen LogP contribution >= 0.6 is 0 Å². The Morgan fingerprint density at radius 3 is 2.23 bits per heavy atom. The molecule has 2 aliphatic rings. The Balaban J connectivity index is 0.000000326. The first-order chi connectivity index (χ1) is 14.8. The largest absolute Gasteiger partial charge is 0.400 e. The summed E-state index contributed by atoms with van der Waals surface area (Å²) in [5, 5.41) is 19.1. The van der Waals surface area contributed by atoms with E-state index in [2.05, 4.69) is 40.8 Å². The number of aliphatic hydroxyl groups is 1. The molecule has 4 heterocycles. The van der Waals surface area contributed by atoms with Crippen LogP contribution in [0.2, 0.25) is 0 Å². The van der Waals surface area contributed by atoms with E-state index in [0.717, 1.165) is 12.7 Å². The molecule has 3 aromatic rings. The third kappa shape index (κ3) is 5.57. The summed E-state index contributed by atoms with van der Waals surface area (Å²) in [5.74, 6) is 1.44. The van der Waals surface area contributed by atoms with Crippen LogP contribution in [0.15, 0.2) is 30.9 Å². The zero-order valence-electron chi connectivity index (χ0n) is 16.9. The Morgan fingerprint density at radius 1 is 0.900 bits per heavy atom. The molecule has 10 nitrogen and oxygen atoms in total. The van der Waals surface area contributed by atoms with Gasteiger partial charge in [0.05, 0.1) is 18.4 Å². The number of aliphatic hydroxyl groups excluding tert-OH is 1. The van der Waals surface area contributed by atoms with Crippen LogP contribution in [0.1, 0.15) is 40.0 Å². The first-order valence-corrected chi connectivity index (χ1v) is 9.97. The Kier molecular flexibility index (Phi) is 7.78. The smallest absolute Gasteiger partial charge is 0.244 e. The van der Waals surface area contributed by atoms with E-state index in [1.807, 2.05) is 12.1 Å². The maximum Gasteiger partial charge on any atom is 0.244 e. The number of carbonyl (C=O) groups is 1. The maximum atomic E-state index is 11.4. The number of fused-ring (bicyclic) bond motifs is 1. The van der Waals surface area contributed by atoms with Crippen LogP contribution in [0.3, 0.4) is 0 Å². The first kappa shape index (κ1) is 21.3. The first-order valence-electron chi connectivity index (χ1n) is 9.97. The minimum Gasteiger partial charge on any atom is -0.400 e. The van der Waals surface area contributed by atoms with E-state index in [1.165, 1.54) is 44.9 Å². The highest BCUT2D eigenvalue weighted by Gasteiger charge is 2.17. The highest BCUT2D eigenvalue weighted by atomic mass is 16.2. The van der Waals surface area contributed by atoms with Crippen LogP contribution in [0.4, 0.5) is 11.6 Å².